The van der Waals surface area contributed by atoms with Crippen LogP contribution in [0.3, 0.4) is 0 Å². The summed E-state index contributed by atoms with van der Waals surface area (Å²) in [5.41, 5.74) is 1.10. The Labute approximate surface area is 133 Å². The molecule has 0 saturated heterocycles. The highest BCUT2D eigenvalue weighted by molar-refractivity contribution is 6.11. The van der Waals surface area contributed by atoms with Gasteiger partial charge in [-0.2, -0.15) is 0 Å². The second-order valence-electron chi connectivity index (χ2n) is 4.90. The summed E-state index contributed by atoms with van der Waals surface area (Å²) in [6.45, 7) is 0. The van der Waals surface area contributed by atoms with Crippen molar-refractivity contribution in [1.29, 1.82) is 0 Å². The zero-order valence-corrected chi connectivity index (χ0v) is 12.5. The quantitative estimate of drug-likeness (QED) is 0.637. The molecule has 1 aromatic rings. The summed E-state index contributed by atoms with van der Waals surface area (Å²) in [5.74, 6) is -1.28. The molecule has 2 rings (SSSR count). The predicted octanol–water partition coefficient (Wildman–Crippen LogP) is 1.99. The third kappa shape index (κ3) is 4.54. The maximum Gasteiger partial charge on any atom is 0.307 e. The zero-order chi connectivity index (χ0) is 16.8. The first-order valence-corrected chi connectivity index (χ1v) is 6.99. The first-order valence-electron chi connectivity index (χ1n) is 6.99. The average Bonchev–Trinajstić information content (AvgIpc) is 2.87. The molecule has 1 unspecified atom stereocenters. The van der Waals surface area contributed by atoms with E-state index in [0.717, 1.165) is 5.56 Å². The minimum absolute atomic E-state index is 0.232. The molecule has 1 atom stereocenters. The molecule has 120 valence electrons. The smallest absolute Gasteiger partial charge is 0.307 e. The fourth-order valence-electron chi connectivity index (χ4n) is 2.06. The summed E-state index contributed by atoms with van der Waals surface area (Å²) in [5, 5.41) is 8.56. The normalized spacial score (nSPS) is 18.2. The highest BCUT2D eigenvalue weighted by Gasteiger charge is 2.26. The maximum atomic E-state index is 11.9. The van der Waals surface area contributed by atoms with E-state index in [1.807, 2.05) is 0 Å². The maximum absolute atomic E-state index is 11.9. The van der Waals surface area contributed by atoms with Gasteiger partial charge in [-0.1, -0.05) is 12.1 Å². The lowest BCUT2D eigenvalue weighted by molar-refractivity contribution is -0.149. The number of carboxylic acid groups (broad SMARTS) is 1. The molecule has 0 bridgehead atoms. The van der Waals surface area contributed by atoms with E-state index in [1.54, 1.807) is 37.5 Å². The van der Waals surface area contributed by atoms with E-state index < -0.39 is 18.0 Å². The molecule has 0 fully saturated rings. The molecule has 1 aliphatic rings. The number of ether oxygens (including phenoxy) is 2. The van der Waals surface area contributed by atoms with Crippen molar-refractivity contribution >= 4 is 23.8 Å². The molecule has 6 nitrogen and oxygen atoms in total. The van der Waals surface area contributed by atoms with E-state index in [1.165, 1.54) is 12.2 Å². The van der Waals surface area contributed by atoms with E-state index in [2.05, 4.69) is 0 Å². The summed E-state index contributed by atoms with van der Waals surface area (Å²) in [6, 6.07) is 7.07. The Kier molecular flexibility index (Phi) is 5.30. The van der Waals surface area contributed by atoms with Crippen LogP contribution in [0.2, 0.25) is 0 Å². The van der Waals surface area contributed by atoms with Gasteiger partial charge in [-0.15, -0.1) is 0 Å². The molecule has 1 N–H and O–H groups in total. The molecule has 0 aliphatic heterocycles. The Morgan fingerprint density at radius 3 is 2.52 bits per heavy atom. The van der Waals surface area contributed by atoms with Crippen molar-refractivity contribution in [3.05, 3.63) is 47.6 Å². The van der Waals surface area contributed by atoms with Crippen LogP contribution in [0.25, 0.3) is 6.08 Å². The highest BCUT2D eigenvalue weighted by Crippen LogP contribution is 2.22. The first-order chi connectivity index (χ1) is 11.0. The van der Waals surface area contributed by atoms with Crippen molar-refractivity contribution in [2.24, 2.45) is 0 Å². The summed E-state index contributed by atoms with van der Waals surface area (Å²) in [4.78, 5) is 34.0. The van der Waals surface area contributed by atoms with Crippen LogP contribution in [-0.4, -0.2) is 36.0 Å². The number of carbonyl (C=O) groups excluding carboxylic acids is 2. The monoisotopic (exact) mass is 316 g/mol. The second kappa shape index (κ2) is 7.40. The van der Waals surface area contributed by atoms with Crippen molar-refractivity contribution in [2.45, 2.75) is 18.9 Å². The second-order valence-corrected chi connectivity index (χ2v) is 4.90. The minimum Gasteiger partial charge on any atom is -0.497 e. The predicted molar refractivity (Wildman–Crippen MR) is 81.9 cm³/mol. The standard InChI is InChI=1S/C17H16O6/c1-22-12-4-2-11(3-5-12)10-13-14(18)6-7-15(13)23-17(21)9-8-16(19)20/h2-7,10,15H,8-9H2,1H3,(H,19,20). The van der Waals surface area contributed by atoms with Crippen LogP contribution in [0.5, 0.6) is 5.75 Å². The number of rotatable bonds is 6. The minimum atomic E-state index is -1.08. The van der Waals surface area contributed by atoms with Gasteiger partial charge in [0, 0.05) is 5.57 Å². The number of aliphatic carboxylic acids is 1. The number of hydrogen-bond acceptors (Lipinski definition) is 5. The van der Waals surface area contributed by atoms with Gasteiger partial charge >= 0.3 is 11.9 Å². The lowest BCUT2D eigenvalue weighted by atomic mass is 10.1. The average molecular weight is 316 g/mol. The molecule has 0 heterocycles. The number of carbonyl (C=O) groups is 3. The van der Waals surface area contributed by atoms with Gasteiger partial charge in [0.15, 0.2) is 5.78 Å². The van der Waals surface area contributed by atoms with E-state index in [9.17, 15) is 14.4 Å². The van der Waals surface area contributed by atoms with Gasteiger partial charge in [-0.25, -0.2) is 0 Å². The number of benzene rings is 1. The molecule has 23 heavy (non-hydrogen) atoms. The first kappa shape index (κ1) is 16.5. The van der Waals surface area contributed by atoms with Gasteiger partial charge in [-0.3, -0.25) is 14.4 Å². The SMILES string of the molecule is COc1ccc(C=C2C(=O)C=CC2OC(=O)CCC(=O)O)cc1. The number of carboxylic acids is 1. The Bertz CT molecular complexity index is 669. The Hall–Kier alpha value is -2.89. The van der Waals surface area contributed by atoms with Crippen molar-refractivity contribution < 1.29 is 29.0 Å². The summed E-state index contributed by atoms with van der Waals surface area (Å²) in [6.07, 6.45) is 3.13. The molecule has 1 aliphatic carbocycles. The molecule has 6 heteroatoms. The van der Waals surface area contributed by atoms with Crippen LogP contribution >= 0.6 is 0 Å². The van der Waals surface area contributed by atoms with Gasteiger partial charge in [-0.05, 0) is 35.9 Å². The fourth-order valence-corrected chi connectivity index (χ4v) is 2.06. The van der Waals surface area contributed by atoms with E-state index >= 15 is 0 Å². The molecule has 0 aromatic heterocycles. The molecule has 0 radical (unpaired) electrons. The van der Waals surface area contributed by atoms with Crippen LogP contribution in [0, 0.1) is 0 Å². The van der Waals surface area contributed by atoms with Crippen LogP contribution in [0.4, 0.5) is 0 Å². The lowest BCUT2D eigenvalue weighted by Gasteiger charge is -2.12. The van der Waals surface area contributed by atoms with Crippen molar-refractivity contribution in [3.63, 3.8) is 0 Å². The summed E-state index contributed by atoms with van der Waals surface area (Å²) in [7, 11) is 1.56. The fraction of sp³-hybridized carbons (Fsp3) is 0.235. The highest BCUT2D eigenvalue weighted by atomic mass is 16.5. The van der Waals surface area contributed by atoms with Crippen LogP contribution < -0.4 is 4.74 Å². The van der Waals surface area contributed by atoms with Gasteiger partial charge in [0.25, 0.3) is 0 Å². The largest absolute Gasteiger partial charge is 0.497 e. The Balaban J connectivity index is 2.08. The lowest BCUT2D eigenvalue weighted by Crippen LogP contribution is -2.18. The van der Waals surface area contributed by atoms with Crippen molar-refractivity contribution in [1.82, 2.24) is 0 Å². The van der Waals surface area contributed by atoms with Gasteiger partial charge < -0.3 is 14.6 Å². The summed E-state index contributed by atoms with van der Waals surface area (Å²) >= 11 is 0. The van der Waals surface area contributed by atoms with Crippen LogP contribution in [-0.2, 0) is 19.1 Å². The number of methoxy groups -OCH3 is 1. The van der Waals surface area contributed by atoms with Gasteiger partial charge in [0.2, 0.25) is 0 Å². The third-order valence-electron chi connectivity index (χ3n) is 3.25. The molecule has 0 spiro atoms. The molecular weight excluding hydrogens is 300 g/mol. The molecular formula is C17H16O6. The van der Waals surface area contributed by atoms with E-state index in [-0.39, 0.29) is 18.6 Å². The number of esters is 1. The molecule has 0 saturated carbocycles. The van der Waals surface area contributed by atoms with Gasteiger partial charge in [0.05, 0.1) is 20.0 Å². The van der Waals surface area contributed by atoms with Crippen LogP contribution in [0.1, 0.15) is 18.4 Å². The number of hydrogen-bond donors (Lipinski definition) is 1. The van der Waals surface area contributed by atoms with Crippen molar-refractivity contribution in [2.75, 3.05) is 7.11 Å². The number of allylic oxidation sites excluding steroid dienone is 1. The summed E-state index contributed by atoms with van der Waals surface area (Å²) < 4.78 is 10.2. The van der Waals surface area contributed by atoms with Crippen LogP contribution in [0.15, 0.2) is 42.0 Å². The molecule has 0 amide bonds. The van der Waals surface area contributed by atoms with Crippen molar-refractivity contribution in [3.8, 4) is 5.75 Å². The Morgan fingerprint density at radius 1 is 1.22 bits per heavy atom. The van der Waals surface area contributed by atoms with Gasteiger partial charge in [0.1, 0.15) is 11.9 Å². The number of ketones is 1. The third-order valence-corrected chi connectivity index (χ3v) is 3.25. The topological polar surface area (TPSA) is 89.9 Å². The Morgan fingerprint density at radius 2 is 1.91 bits per heavy atom. The zero-order valence-electron chi connectivity index (χ0n) is 12.5. The molecule has 1 aromatic carbocycles. The van der Waals surface area contributed by atoms with E-state index in [0.29, 0.717) is 11.3 Å². The van der Waals surface area contributed by atoms with E-state index in [4.69, 9.17) is 14.6 Å².